The predicted molar refractivity (Wildman–Crippen MR) is 135 cm³/mol. The number of methoxy groups -OCH3 is 1. The van der Waals surface area contributed by atoms with Gasteiger partial charge in [-0.2, -0.15) is 5.10 Å². The first kappa shape index (κ1) is 22.8. The third-order valence-corrected chi connectivity index (χ3v) is 5.74. The standard InChI is InChI=1S/C26H20BrClN2O3/c1-32-25-11-9-20(27)14-23(25)26(31)30-29-15-19-13-21(28)10-12-24(19)33-16-18-7-4-6-17-5-2-3-8-22(17)18/h2-15H,16H2,1H3,(H,30,31)/b29-15-. The molecule has 0 atom stereocenters. The van der Waals surface area contributed by atoms with E-state index in [-0.39, 0.29) is 0 Å². The van der Waals surface area contributed by atoms with Crippen molar-refractivity contribution < 1.29 is 14.3 Å². The van der Waals surface area contributed by atoms with Crippen LogP contribution < -0.4 is 14.9 Å². The minimum atomic E-state index is -0.398. The van der Waals surface area contributed by atoms with Crippen LogP contribution in [-0.2, 0) is 6.61 Å². The summed E-state index contributed by atoms with van der Waals surface area (Å²) in [5, 5.41) is 6.92. The minimum Gasteiger partial charge on any atom is -0.496 e. The van der Waals surface area contributed by atoms with Crippen LogP contribution in [0.5, 0.6) is 11.5 Å². The van der Waals surface area contributed by atoms with Crippen molar-refractivity contribution in [2.24, 2.45) is 5.10 Å². The van der Waals surface area contributed by atoms with Crippen LogP contribution >= 0.6 is 27.5 Å². The molecular formula is C26H20BrClN2O3. The van der Waals surface area contributed by atoms with E-state index in [2.05, 4.69) is 44.7 Å². The Kier molecular flexibility index (Phi) is 7.27. The van der Waals surface area contributed by atoms with Crippen LogP contribution in [0.2, 0.25) is 5.02 Å². The van der Waals surface area contributed by atoms with Crippen molar-refractivity contribution in [1.82, 2.24) is 5.43 Å². The maximum Gasteiger partial charge on any atom is 0.275 e. The molecule has 0 saturated carbocycles. The molecule has 0 bridgehead atoms. The predicted octanol–water partition coefficient (Wildman–Crippen LogP) is 6.61. The van der Waals surface area contributed by atoms with Gasteiger partial charge in [-0.3, -0.25) is 4.79 Å². The molecule has 5 nitrogen and oxygen atoms in total. The molecule has 0 saturated heterocycles. The van der Waals surface area contributed by atoms with Gasteiger partial charge < -0.3 is 9.47 Å². The van der Waals surface area contributed by atoms with Gasteiger partial charge >= 0.3 is 0 Å². The number of nitrogens with zero attached hydrogens (tertiary/aromatic N) is 1. The van der Waals surface area contributed by atoms with Gasteiger partial charge in [0, 0.05) is 15.1 Å². The molecular weight excluding hydrogens is 504 g/mol. The van der Waals surface area contributed by atoms with Gasteiger partial charge in [0.15, 0.2) is 0 Å². The summed E-state index contributed by atoms with van der Waals surface area (Å²) in [6.45, 7) is 0.380. The van der Waals surface area contributed by atoms with Crippen molar-refractivity contribution in [3.63, 3.8) is 0 Å². The van der Waals surface area contributed by atoms with E-state index in [4.69, 9.17) is 21.1 Å². The number of rotatable bonds is 7. The van der Waals surface area contributed by atoms with Gasteiger partial charge in [-0.1, -0.05) is 70.0 Å². The zero-order valence-electron chi connectivity index (χ0n) is 17.7. The van der Waals surface area contributed by atoms with Crippen molar-refractivity contribution in [2.45, 2.75) is 6.61 Å². The Balaban J connectivity index is 1.51. The molecule has 1 N–H and O–H groups in total. The molecule has 0 aliphatic carbocycles. The number of ether oxygens (including phenoxy) is 2. The molecule has 4 rings (SSSR count). The maximum atomic E-state index is 12.6. The Morgan fingerprint density at radius 1 is 1.03 bits per heavy atom. The molecule has 7 heteroatoms. The van der Waals surface area contributed by atoms with Gasteiger partial charge in [-0.25, -0.2) is 5.43 Å². The fourth-order valence-corrected chi connectivity index (χ4v) is 3.95. The van der Waals surface area contributed by atoms with Crippen LogP contribution in [0.15, 0.2) is 88.4 Å². The van der Waals surface area contributed by atoms with Gasteiger partial charge in [0.05, 0.1) is 18.9 Å². The first-order valence-electron chi connectivity index (χ1n) is 10.1. The Labute approximate surface area is 205 Å². The SMILES string of the molecule is COc1ccc(Br)cc1C(=O)N/N=C\c1cc(Cl)ccc1OCc1cccc2ccccc12. The smallest absolute Gasteiger partial charge is 0.275 e. The summed E-state index contributed by atoms with van der Waals surface area (Å²) in [6.07, 6.45) is 1.51. The highest BCUT2D eigenvalue weighted by Crippen LogP contribution is 2.25. The third-order valence-electron chi connectivity index (χ3n) is 5.01. The van der Waals surface area contributed by atoms with E-state index >= 15 is 0 Å². The number of halogens is 2. The number of hydrogen-bond acceptors (Lipinski definition) is 4. The zero-order chi connectivity index (χ0) is 23.2. The second kappa shape index (κ2) is 10.5. The largest absolute Gasteiger partial charge is 0.496 e. The van der Waals surface area contributed by atoms with Gasteiger partial charge in [-0.05, 0) is 52.7 Å². The lowest BCUT2D eigenvalue weighted by Crippen LogP contribution is -2.18. The van der Waals surface area contributed by atoms with E-state index in [1.807, 2.05) is 24.3 Å². The van der Waals surface area contributed by atoms with Gasteiger partial charge in [-0.15, -0.1) is 0 Å². The number of hydrazone groups is 1. The molecule has 0 aliphatic heterocycles. The summed E-state index contributed by atoms with van der Waals surface area (Å²) < 4.78 is 12.1. The van der Waals surface area contributed by atoms with Crippen molar-refractivity contribution in [3.05, 3.63) is 105 Å². The summed E-state index contributed by atoms with van der Waals surface area (Å²) in [5.74, 6) is 0.655. The van der Waals surface area contributed by atoms with Crippen molar-refractivity contribution in [1.29, 1.82) is 0 Å². The molecule has 0 aliphatic rings. The molecule has 33 heavy (non-hydrogen) atoms. The summed E-state index contributed by atoms with van der Waals surface area (Å²) >= 11 is 9.54. The zero-order valence-corrected chi connectivity index (χ0v) is 20.1. The first-order valence-corrected chi connectivity index (χ1v) is 11.3. The van der Waals surface area contributed by atoms with Crippen molar-refractivity contribution >= 4 is 50.4 Å². The highest BCUT2D eigenvalue weighted by atomic mass is 79.9. The number of hydrogen-bond donors (Lipinski definition) is 1. The lowest BCUT2D eigenvalue weighted by Gasteiger charge is -2.12. The maximum absolute atomic E-state index is 12.6. The molecule has 4 aromatic rings. The fraction of sp³-hybridized carbons (Fsp3) is 0.0769. The normalized spacial score (nSPS) is 11.0. The summed E-state index contributed by atoms with van der Waals surface area (Å²) in [4.78, 5) is 12.6. The van der Waals surface area contributed by atoms with Gasteiger partial charge in [0.2, 0.25) is 0 Å². The monoisotopic (exact) mass is 522 g/mol. The highest BCUT2D eigenvalue weighted by Gasteiger charge is 2.12. The molecule has 0 radical (unpaired) electrons. The molecule has 0 heterocycles. The van der Waals surface area contributed by atoms with Crippen LogP contribution in [0.25, 0.3) is 10.8 Å². The van der Waals surface area contributed by atoms with E-state index in [0.717, 1.165) is 20.8 Å². The Hall–Kier alpha value is -3.35. The third kappa shape index (κ3) is 5.53. The van der Waals surface area contributed by atoms with Crippen molar-refractivity contribution in [3.8, 4) is 11.5 Å². The van der Waals surface area contributed by atoms with Crippen LogP contribution in [0, 0.1) is 0 Å². The molecule has 0 aromatic heterocycles. The number of nitrogens with one attached hydrogen (secondary N) is 1. The lowest BCUT2D eigenvalue weighted by atomic mass is 10.1. The van der Waals surface area contributed by atoms with Gasteiger partial charge in [0.1, 0.15) is 18.1 Å². The first-order chi connectivity index (χ1) is 16.0. The Morgan fingerprint density at radius 3 is 2.67 bits per heavy atom. The Morgan fingerprint density at radius 2 is 1.82 bits per heavy atom. The average Bonchev–Trinajstić information content (AvgIpc) is 2.83. The van der Waals surface area contributed by atoms with Crippen LogP contribution in [0.1, 0.15) is 21.5 Å². The summed E-state index contributed by atoms with van der Waals surface area (Å²) in [5.41, 5.74) is 4.60. The number of carbonyl (C=O) groups is 1. The number of fused-ring (bicyclic) bond motifs is 1. The molecule has 0 fully saturated rings. The number of benzene rings is 4. The molecule has 166 valence electrons. The van der Waals surface area contributed by atoms with E-state index < -0.39 is 5.91 Å². The lowest BCUT2D eigenvalue weighted by molar-refractivity contribution is 0.0952. The minimum absolute atomic E-state index is 0.363. The number of carbonyl (C=O) groups excluding carboxylic acids is 1. The van der Waals surface area contributed by atoms with Crippen LogP contribution in [0.3, 0.4) is 0 Å². The van der Waals surface area contributed by atoms with Crippen molar-refractivity contribution in [2.75, 3.05) is 7.11 Å². The molecule has 4 aromatic carbocycles. The van der Waals surface area contributed by atoms with E-state index in [1.165, 1.54) is 13.3 Å². The summed E-state index contributed by atoms with van der Waals surface area (Å²) in [6, 6.07) is 24.7. The molecule has 0 unspecified atom stereocenters. The van der Waals surface area contributed by atoms with Crippen LogP contribution in [-0.4, -0.2) is 19.2 Å². The quantitative estimate of drug-likeness (QED) is 0.219. The summed E-state index contributed by atoms with van der Waals surface area (Å²) in [7, 11) is 1.51. The van der Waals surface area contributed by atoms with Gasteiger partial charge in [0.25, 0.3) is 5.91 Å². The van der Waals surface area contributed by atoms with E-state index in [0.29, 0.717) is 34.3 Å². The second-order valence-electron chi connectivity index (χ2n) is 7.15. The fourth-order valence-electron chi connectivity index (χ4n) is 3.40. The molecule has 0 spiro atoms. The highest BCUT2D eigenvalue weighted by molar-refractivity contribution is 9.10. The number of amides is 1. The second-order valence-corrected chi connectivity index (χ2v) is 8.50. The van der Waals surface area contributed by atoms with E-state index in [9.17, 15) is 4.79 Å². The topological polar surface area (TPSA) is 59.9 Å². The van der Waals surface area contributed by atoms with E-state index in [1.54, 1.807) is 36.4 Å². The molecule has 1 amide bonds. The van der Waals surface area contributed by atoms with Crippen LogP contribution in [0.4, 0.5) is 0 Å². The Bertz CT molecular complexity index is 1340. The average molecular weight is 524 g/mol.